The first kappa shape index (κ1) is 14.8. The number of likely N-dealkylation sites (N-methyl/N-ethyl adjacent to an activating group) is 1. The van der Waals surface area contributed by atoms with Gasteiger partial charge in [-0.05, 0) is 18.6 Å². The van der Waals surface area contributed by atoms with Crippen molar-refractivity contribution in [1.29, 1.82) is 0 Å². The summed E-state index contributed by atoms with van der Waals surface area (Å²) >= 11 is 0. The number of nitrogens with one attached hydrogen (secondary N) is 1. The van der Waals surface area contributed by atoms with Crippen molar-refractivity contribution in [2.24, 2.45) is 0 Å². The maximum atomic E-state index is 12.1. The van der Waals surface area contributed by atoms with Crippen LogP contribution in [0.25, 0.3) is 0 Å². The van der Waals surface area contributed by atoms with E-state index < -0.39 is 12.0 Å². The van der Waals surface area contributed by atoms with E-state index in [4.69, 9.17) is 5.11 Å². The van der Waals surface area contributed by atoms with Crippen LogP contribution in [0, 0.1) is 0 Å². The summed E-state index contributed by atoms with van der Waals surface area (Å²) in [6.07, 6.45) is -0.189. The molecule has 1 aromatic carbocycles. The van der Waals surface area contributed by atoms with Gasteiger partial charge in [-0.15, -0.1) is 0 Å². The molecule has 0 radical (unpaired) electrons. The highest BCUT2D eigenvalue weighted by atomic mass is 16.4. The quantitative estimate of drug-likeness (QED) is 0.881. The van der Waals surface area contributed by atoms with Crippen molar-refractivity contribution >= 4 is 23.7 Å². The number of anilines is 1. The van der Waals surface area contributed by atoms with E-state index in [1.807, 2.05) is 6.92 Å². The number of carbonyl (C=O) groups is 3. The van der Waals surface area contributed by atoms with Gasteiger partial charge in [0, 0.05) is 25.3 Å². The molecule has 7 nitrogen and oxygen atoms in total. The highest BCUT2D eigenvalue weighted by molar-refractivity contribution is 6.02. The van der Waals surface area contributed by atoms with Gasteiger partial charge in [-0.3, -0.25) is 4.79 Å². The second-order valence-electron chi connectivity index (χ2n) is 4.67. The zero-order chi connectivity index (χ0) is 15.4. The van der Waals surface area contributed by atoms with Crippen molar-refractivity contribution in [2.45, 2.75) is 13.3 Å². The van der Waals surface area contributed by atoms with Gasteiger partial charge in [0.25, 0.3) is 0 Å². The van der Waals surface area contributed by atoms with Crippen molar-refractivity contribution in [3.05, 3.63) is 29.8 Å². The summed E-state index contributed by atoms with van der Waals surface area (Å²) in [4.78, 5) is 37.6. The Balaban J connectivity index is 2.10. The number of carbonyl (C=O) groups excluding carboxylic acids is 2. The lowest BCUT2D eigenvalue weighted by molar-refractivity contribution is -0.136. The third-order valence-electron chi connectivity index (χ3n) is 3.32. The number of aliphatic carboxylic acids is 1. The van der Waals surface area contributed by atoms with Gasteiger partial charge in [-0.1, -0.05) is 18.2 Å². The summed E-state index contributed by atoms with van der Waals surface area (Å²) in [5.74, 6) is -0.980. The van der Waals surface area contributed by atoms with Gasteiger partial charge < -0.3 is 15.3 Å². The van der Waals surface area contributed by atoms with Crippen LogP contribution in [0.5, 0.6) is 0 Å². The number of carboxylic acids is 1. The number of amides is 4. The van der Waals surface area contributed by atoms with Crippen LogP contribution in [0.1, 0.15) is 12.5 Å². The van der Waals surface area contributed by atoms with E-state index in [1.165, 1.54) is 0 Å². The van der Waals surface area contributed by atoms with Crippen molar-refractivity contribution in [2.75, 3.05) is 25.0 Å². The zero-order valence-corrected chi connectivity index (χ0v) is 11.7. The molecule has 0 bridgehead atoms. The SMILES string of the molecule is CCN1CCN(C(=O)Nc2ccccc2CC(=O)O)C1=O. The molecular weight excluding hydrogens is 274 g/mol. The Morgan fingerprint density at radius 1 is 1.29 bits per heavy atom. The Morgan fingerprint density at radius 3 is 2.62 bits per heavy atom. The molecule has 2 rings (SSSR count). The molecule has 2 N–H and O–H groups in total. The number of imide groups is 1. The average Bonchev–Trinajstić information content (AvgIpc) is 2.81. The number of carboxylic acid groups (broad SMARTS) is 1. The molecule has 0 atom stereocenters. The third-order valence-corrected chi connectivity index (χ3v) is 3.32. The first-order valence-electron chi connectivity index (χ1n) is 6.70. The first-order chi connectivity index (χ1) is 10.0. The number of para-hydroxylation sites is 1. The second-order valence-corrected chi connectivity index (χ2v) is 4.67. The number of rotatable bonds is 4. The summed E-state index contributed by atoms with van der Waals surface area (Å²) in [7, 11) is 0. The Morgan fingerprint density at radius 2 is 2.00 bits per heavy atom. The van der Waals surface area contributed by atoms with Crippen molar-refractivity contribution in [3.8, 4) is 0 Å². The minimum Gasteiger partial charge on any atom is -0.481 e. The van der Waals surface area contributed by atoms with Crippen LogP contribution in [0.15, 0.2) is 24.3 Å². The molecule has 0 spiro atoms. The van der Waals surface area contributed by atoms with Gasteiger partial charge in [-0.2, -0.15) is 0 Å². The number of nitrogens with zero attached hydrogens (tertiary/aromatic N) is 2. The number of hydrogen-bond donors (Lipinski definition) is 2. The van der Waals surface area contributed by atoms with E-state index in [0.717, 1.165) is 4.90 Å². The highest BCUT2D eigenvalue weighted by Crippen LogP contribution is 2.18. The fraction of sp³-hybridized carbons (Fsp3) is 0.357. The minimum absolute atomic E-state index is 0.189. The van der Waals surface area contributed by atoms with Crippen LogP contribution in [-0.4, -0.2) is 52.6 Å². The van der Waals surface area contributed by atoms with Gasteiger partial charge >= 0.3 is 18.0 Å². The second kappa shape index (κ2) is 6.25. The van der Waals surface area contributed by atoms with E-state index in [-0.39, 0.29) is 12.5 Å². The molecule has 0 aromatic heterocycles. The Hall–Kier alpha value is -2.57. The largest absolute Gasteiger partial charge is 0.481 e. The zero-order valence-electron chi connectivity index (χ0n) is 11.7. The Bertz CT molecular complexity index is 573. The van der Waals surface area contributed by atoms with Gasteiger partial charge in [0.1, 0.15) is 0 Å². The van der Waals surface area contributed by atoms with Crippen LogP contribution in [0.4, 0.5) is 15.3 Å². The molecule has 1 aliphatic heterocycles. The van der Waals surface area contributed by atoms with E-state index in [2.05, 4.69) is 5.32 Å². The number of hydrogen-bond acceptors (Lipinski definition) is 3. The van der Waals surface area contributed by atoms with Crippen LogP contribution in [0.3, 0.4) is 0 Å². The fourth-order valence-corrected chi connectivity index (χ4v) is 2.21. The molecule has 0 saturated carbocycles. The highest BCUT2D eigenvalue weighted by Gasteiger charge is 2.32. The molecule has 1 aromatic rings. The number of urea groups is 2. The van der Waals surface area contributed by atoms with E-state index in [1.54, 1.807) is 29.2 Å². The van der Waals surface area contributed by atoms with Gasteiger partial charge in [0.2, 0.25) is 0 Å². The molecule has 1 heterocycles. The minimum atomic E-state index is -0.980. The molecule has 1 saturated heterocycles. The summed E-state index contributed by atoms with van der Waals surface area (Å²) < 4.78 is 0. The predicted octanol–water partition coefficient (Wildman–Crippen LogP) is 1.60. The normalized spacial score (nSPS) is 14.4. The van der Waals surface area contributed by atoms with Gasteiger partial charge in [-0.25, -0.2) is 14.5 Å². The Labute approximate surface area is 122 Å². The number of benzene rings is 1. The lowest BCUT2D eigenvalue weighted by Gasteiger charge is -2.17. The van der Waals surface area contributed by atoms with E-state index >= 15 is 0 Å². The predicted molar refractivity (Wildman–Crippen MR) is 76.1 cm³/mol. The van der Waals surface area contributed by atoms with Gasteiger partial charge in [0.15, 0.2) is 0 Å². The maximum absolute atomic E-state index is 12.1. The third kappa shape index (κ3) is 3.31. The smallest absolute Gasteiger partial charge is 0.330 e. The van der Waals surface area contributed by atoms with E-state index in [9.17, 15) is 14.4 Å². The van der Waals surface area contributed by atoms with Crippen LogP contribution in [0.2, 0.25) is 0 Å². The molecular formula is C14H17N3O4. The summed E-state index contributed by atoms with van der Waals surface area (Å²) in [6, 6.07) is 5.79. The molecule has 4 amide bonds. The summed E-state index contributed by atoms with van der Waals surface area (Å²) in [6.45, 7) is 3.25. The van der Waals surface area contributed by atoms with Crippen molar-refractivity contribution < 1.29 is 19.5 Å². The van der Waals surface area contributed by atoms with Crippen LogP contribution in [-0.2, 0) is 11.2 Å². The molecule has 21 heavy (non-hydrogen) atoms. The standard InChI is InChI=1S/C14H17N3O4/c1-2-16-7-8-17(14(16)21)13(20)15-11-6-4-3-5-10(11)9-12(18)19/h3-6H,2,7-9H2,1H3,(H,15,20)(H,18,19). The lowest BCUT2D eigenvalue weighted by Crippen LogP contribution is -2.39. The molecule has 7 heteroatoms. The summed E-state index contributed by atoms with van der Waals surface area (Å²) in [5, 5.41) is 11.5. The van der Waals surface area contributed by atoms with Crippen LogP contribution >= 0.6 is 0 Å². The first-order valence-corrected chi connectivity index (χ1v) is 6.70. The van der Waals surface area contributed by atoms with Crippen molar-refractivity contribution in [1.82, 2.24) is 9.80 Å². The average molecular weight is 291 g/mol. The van der Waals surface area contributed by atoms with Gasteiger partial charge in [0.05, 0.1) is 6.42 Å². The molecule has 1 aliphatic rings. The molecule has 0 aliphatic carbocycles. The molecule has 0 unspecified atom stereocenters. The molecule has 1 fully saturated rings. The monoisotopic (exact) mass is 291 g/mol. The Kier molecular flexibility index (Phi) is 4.42. The molecule has 112 valence electrons. The van der Waals surface area contributed by atoms with E-state index in [0.29, 0.717) is 30.9 Å². The fourth-order valence-electron chi connectivity index (χ4n) is 2.21. The lowest BCUT2D eigenvalue weighted by atomic mass is 10.1. The maximum Gasteiger partial charge on any atom is 0.330 e. The topological polar surface area (TPSA) is 89.9 Å². The van der Waals surface area contributed by atoms with Crippen molar-refractivity contribution in [3.63, 3.8) is 0 Å². The summed E-state index contributed by atoms with van der Waals surface area (Å²) in [5.41, 5.74) is 0.907. The van der Waals surface area contributed by atoms with Crippen LogP contribution < -0.4 is 5.32 Å².